The third kappa shape index (κ3) is 4.28. The van der Waals surface area contributed by atoms with Crippen molar-refractivity contribution in [2.75, 3.05) is 18.2 Å². The summed E-state index contributed by atoms with van der Waals surface area (Å²) in [7, 11) is 0. The van der Waals surface area contributed by atoms with Gasteiger partial charge in [-0.3, -0.25) is 0 Å². The van der Waals surface area contributed by atoms with E-state index >= 15 is 0 Å². The molecule has 1 N–H and O–H groups in total. The Kier molecular flexibility index (Phi) is 5.49. The molecule has 0 unspecified atom stereocenters. The number of anilines is 1. The molecule has 1 aromatic carbocycles. The number of halogens is 1. The van der Waals surface area contributed by atoms with Gasteiger partial charge in [0.25, 0.3) is 0 Å². The average Bonchev–Trinajstić information content (AvgIpc) is 2.45. The van der Waals surface area contributed by atoms with Gasteiger partial charge >= 0.3 is 0 Å². The van der Waals surface area contributed by atoms with Crippen LogP contribution in [0.5, 0.6) is 5.75 Å². The number of nitrogens with one attached hydrogen (secondary N) is 1. The fraction of sp³-hybridized carbons (Fsp3) is 0.286. The first kappa shape index (κ1) is 14.9. The minimum atomic E-state index is 0.440. The van der Waals surface area contributed by atoms with Gasteiger partial charge in [-0.2, -0.15) is 0 Å². The first-order chi connectivity index (χ1) is 9.71. The van der Waals surface area contributed by atoms with Crippen LogP contribution in [0.2, 0.25) is 5.15 Å². The van der Waals surface area contributed by atoms with E-state index in [1.165, 1.54) is 11.8 Å². The lowest BCUT2D eigenvalue weighted by atomic mass is 10.2. The Labute approximate surface area is 127 Å². The van der Waals surface area contributed by atoms with Crippen molar-refractivity contribution in [2.24, 2.45) is 0 Å². The molecule has 1 heterocycles. The van der Waals surface area contributed by atoms with Crippen LogP contribution in [0.4, 0.5) is 5.82 Å². The molecule has 0 bridgehead atoms. The molecule has 0 amide bonds. The molecule has 106 valence electrons. The van der Waals surface area contributed by atoms with E-state index in [1.807, 2.05) is 37.4 Å². The molecular formula is C14H16ClN3OS. The molecule has 2 rings (SSSR count). The van der Waals surface area contributed by atoms with Crippen molar-refractivity contribution in [3.05, 3.63) is 41.0 Å². The van der Waals surface area contributed by atoms with Crippen molar-refractivity contribution in [1.82, 2.24) is 9.97 Å². The Balaban J connectivity index is 2.04. The topological polar surface area (TPSA) is 47.0 Å². The monoisotopic (exact) mass is 309 g/mol. The minimum absolute atomic E-state index is 0.440. The van der Waals surface area contributed by atoms with Crippen molar-refractivity contribution in [1.29, 1.82) is 0 Å². The predicted octanol–water partition coefficient (Wildman–Crippen LogP) is 3.86. The Morgan fingerprint density at radius 1 is 1.30 bits per heavy atom. The van der Waals surface area contributed by atoms with Gasteiger partial charge < -0.3 is 10.1 Å². The SMILES string of the molecule is CCOc1cccc(CNc2cc(Cl)nc(SC)n2)c1. The van der Waals surface area contributed by atoms with E-state index in [0.29, 0.717) is 23.5 Å². The molecule has 0 saturated carbocycles. The van der Waals surface area contributed by atoms with Gasteiger partial charge in [0.2, 0.25) is 0 Å². The molecule has 0 atom stereocenters. The van der Waals surface area contributed by atoms with Crippen LogP contribution in [0.15, 0.2) is 35.5 Å². The highest BCUT2D eigenvalue weighted by molar-refractivity contribution is 7.98. The standard InChI is InChI=1S/C14H16ClN3OS/c1-3-19-11-6-4-5-10(7-11)9-16-13-8-12(15)17-14(18-13)20-2/h4-8H,3,9H2,1-2H3,(H,16,17,18). The highest BCUT2D eigenvalue weighted by atomic mass is 35.5. The molecule has 0 aliphatic carbocycles. The van der Waals surface area contributed by atoms with Gasteiger partial charge in [-0.05, 0) is 30.9 Å². The molecule has 0 aliphatic rings. The number of thioether (sulfide) groups is 1. The lowest BCUT2D eigenvalue weighted by molar-refractivity contribution is 0.340. The number of ether oxygens (including phenoxy) is 1. The average molecular weight is 310 g/mol. The van der Waals surface area contributed by atoms with Crippen LogP contribution < -0.4 is 10.1 Å². The van der Waals surface area contributed by atoms with Crippen LogP contribution in [-0.2, 0) is 6.54 Å². The van der Waals surface area contributed by atoms with Crippen molar-refractivity contribution in [2.45, 2.75) is 18.6 Å². The van der Waals surface area contributed by atoms with Crippen LogP contribution in [0.3, 0.4) is 0 Å². The predicted molar refractivity (Wildman–Crippen MR) is 83.8 cm³/mol. The Hall–Kier alpha value is -1.46. The maximum absolute atomic E-state index is 5.95. The number of rotatable bonds is 6. The highest BCUT2D eigenvalue weighted by Gasteiger charge is 2.03. The summed E-state index contributed by atoms with van der Waals surface area (Å²) in [6.07, 6.45) is 1.92. The number of aromatic nitrogens is 2. The summed E-state index contributed by atoms with van der Waals surface area (Å²) in [4.78, 5) is 8.45. The summed E-state index contributed by atoms with van der Waals surface area (Å²) in [6.45, 7) is 3.29. The van der Waals surface area contributed by atoms with E-state index in [1.54, 1.807) is 6.07 Å². The summed E-state index contributed by atoms with van der Waals surface area (Å²) < 4.78 is 5.48. The summed E-state index contributed by atoms with van der Waals surface area (Å²) >= 11 is 7.41. The van der Waals surface area contributed by atoms with E-state index in [0.717, 1.165) is 17.1 Å². The zero-order valence-electron chi connectivity index (χ0n) is 11.4. The third-order valence-corrected chi connectivity index (χ3v) is 3.28. The molecule has 6 heteroatoms. The minimum Gasteiger partial charge on any atom is -0.494 e. The van der Waals surface area contributed by atoms with E-state index in [4.69, 9.17) is 16.3 Å². The fourth-order valence-corrected chi connectivity index (χ4v) is 2.30. The Bertz CT molecular complexity index is 580. The highest BCUT2D eigenvalue weighted by Crippen LogP contribution is 2.19. The second-order valence-corrected chi connectivity index (χ2v) is 5.16. The van der Waals surface area contributed by atoms with Crippen LogP contribution in [0, 0.1) is 0 Å². The van der Waals surface area contributed by atoms with Gasteiger partial charge in [-0.25, -0.2) is 9.97 Å². The van der Waals surface area contributed by atoms with Crippen LogP contribution in [-0.4, -0.2) is 22.8 Å². The second kappa shape index (κ2) is 7.36. The van der Waals surface area contributed by atoms with E-state index < -0.39 is 0 Å². The fourth-order valence-electron chi connectivity index (χ4n) is 1.68. The number of benzene rings is 1. The quantitative estimate of drug-likeness (QED) is 0.499. The molecular weight excluding hydrogens is 294 g/mol. The molecule has 2 aromatic rings. The molecule has 0 aliphatic heterocycles. The van der Waals surface area contributed by atoms with Crippen molar-refractivity contribution in [3.8, 4) is 5.75 Å². The molecule has 0 fully saturated rings. The number of nitrogens with zero attached hydrogens (tertiary/aromatic N) is 2. The molecule has 1 aromatic heterocycles. The van der Waals surface area contributed by atoms with Crippen molar-refractivity contribution in [3.63, 3.8) is 0 Å². The zero-order chi connectivity index (χ0) is 14.4. The molecule has 20 heavy (non-hydrogen) atoms. The van der Waals surface area contributed by atoms with Gasteiger partial charge in [0.05, 0.1) is 6.61 Å². The maximum atomic E-state index is 5.95. The first-order valence-electron chi connectivity index (χ1n) is 6.25. The van der Waals surface area contributed by atoms with Crippen LogP contribution in [0.25, 0.3) is 0 Å². The maximum Gasteiger partial charge on any atom is 0.190 e. The molecule has 0 radical (unpaired) electrons. The van der Waals surface area contributed by atoms with E-state index in [2.05, 4.69) is 15.3 Å². The number of hydrogen-bond acceptors (Lipinski definition) is 5. The number of hydrogen-bond donors (Lipinski definition) is 1. The van der Waals surface area contributed by atoms with E-state index in [-0.39, 0.29) is 0 Å². The molecule has 0 spiro atoms. The summed E-state index contributed by atoms with van der Waals surface area (Å²) in [5.74, 6) is 1.59. The Morgan fingerprint density at radius 3 is 2.90 bits per heavy atom. The normalized spacial score (nSPS) is 10.3. The lowest BCUT2D eigenvalue weighted by Gasteiger charge is -2.09. The largest absolute Gasteiger partial charge is 0.494 e. The zero-order valence-corrected chi connectivity index (χ0v) is 13.0. The third-order valence-electron chi connectivity index (χ3n) is 2.54. The summed E-state index contributed by atoms with van der Waals surface area (Å²) in [5.41, 5.74) is 1.12. The van der Waals surface area contributed by atoms with Crippen molar-refractivity contribution < 1.29 is 4.74 Å². The van der Waals surface area contributed by atoms with Gasteiger partial charge in [0, 0.05) is 12.6 Å². The Morgan fingerprint density at radius 2 is 2.15 bits per heavy atom. The first-order valence-corrected chi connectivity index (χ1v) is 7.85. The molecule has 0 saturated heterocycles. The van der Waals surface area contributed by atoms with Gasteiger partial charge in [-0.1, -0.05) is 35.5 Å². The second-order valence-electron chi connectivity index (χ2n) is 4.00. The van der Waals surface area contributed by atoms with E-state index in [9.17, 15) is 0 Å². The van der Waals surface area contributed by atoms with Gasteiger partial charge in [0.15, 0.2) is 5.16 Å². The lowest BCUT2D eigenvalue weighted by Crippen LogP contribution is -2.03. The van der Waals surface area contributed by atoms with Gasteiger partial charge in [0.1, 0.15) is 16.7 Å². The summed E-state index contributed by atoms with van der Waals surface area (Å²) in [5, 5.41) is 4.34. The van der Waals surface area contributed by atoms with Gasteiger partial charge in [-0.15, -0.1) is 0 Å². The molecule has 4 nitrogen and oxygen atoms in total. The van der Waals surface area contributed by atoms with Crippen molar-refractivity contribution >= 4 is 29.2 Å². The smallest absolute Gasteiger partial charge is 0.190 e. The summed E-state index contributed by atoms with van der Waals surface area (Å²) in [6, 6.07) is 9.68. The van der Waals surface area contributed by atoms with Crippen LogP contribution >= 0.6 is 23.4 Å². The van der Waals surface area contributed by atoms with Crippen LogP contribution in [0.1, 0.15) is 12.5 Å².